The Balaban J connectivity index is 2.03. The number of benzene rings is 2. The first-order chi connectivity index (χ1) is 15.6. The van der Waals surface area contributed by atoms with Crippen molar-refractivity contribution in [3.63, 3.8) is 0 Å². The van der Waals surface area contributed by atoms with Crippen LogP contribution in [0.2, 0.25) is 0 Å². The van der Waals surface area contributed by atoms with Crippen LogP contribution >= 0.6 is 15.9 Å². The van der Waals surface area contributed by atoms with Crippen LogP contribution in [-0.2, 0) is 6.18 Å². The van der Waals surface area contributed by atoms with E-state index >= 15 is 0 Å². The lowest BCUT2D eigenvalue weighted by atomic mass is 10.1. The monoisotopic (exact) mass is 548 g/mol. The molecule has 0 amide bonds. The molecule has 0 aliphatic carbocycles. The fourth-order valence-corrected chi connectivity index (χ4v) is 3.34. The van der Waals surface area contributed by atoms with Gasteiger partial charge in [-0.25, -0.2) is 4.98 Å². The fraction of sp³-hybridized carbons (Fsp3) is 0.273. The van der Waals surface area contributed by atoms with Gasteiger partial charge in [0.25, 0.3) is 0 Å². The maximum atomic E-state index is 13.3. The van der Waals surface area contributed by atoms with Crippen LogP contribution < -0.4 is 15.4 Å². The number of hydrogen-bond donors (Lipinski definition) is 2. The smallest absolute Gasteiger partial charge is 0.406 e. The van der Waals surface area contributed by atoms with Crippen molar-refractivity contribution in [2.24, 2.45) is 0 Å². The predicted octanol–water partition coefficient (Wildman–Crippen LogP) is 7.78. The molecule has 2 N–H and O–H groups in total. The molecule has 0 saturated heterocycles. The molecule has 0 bridgehead atoms. The summed E-state index contributed by atoms with van der Waals surface area (Å²) in [5.41, 5.74) is -0.730. The van der Waals surface area contributed by atoms with Crippen molar-refractivity contribution < 1.29 is 31.1 Å². The van der Waals surface area contributed by atoms with E-state index in [-0.39, 0.29) is 33.2 Å². The van der Waals surface area contributed by atoms with Crippen molar-refractivity contribution in [2.75, 3.05) is 10.6 Å². The summed E-state index contributed by atoms with van der Waals surface area (Å²) in [7, 11) is 0. The number of halogens is 7. The molecular weight excluding hydrogens is 530 g/mol. The van der Waals surface area contributed by atoms with Crippen molar-refractivity contribution in [3.05, 3.63) is 58.6 Å². The van der Waals surface area contributed by atoms with Gasteiger partial charge in [-0.3, -0.25) is 0 Å². The largest absolute Gasteiger partial charge is 0.573 e. The molecule has 1 heterocycles. The van der Waals surface area contributed by atoms with Gasteiger partial charge in [0.05, 0.1) is 11.3 Å². The highest BCUT2D eigenvalue weighted by molar-refractivity contribution is 9.10. The number of anilines is 3. The van der Waals surface area contributed by atoms with Crippen LogP contribution in [0.15, 0.2) is 53.0 Å². The molecule has 3 rings (SSSR count). The molecule has 0 fully saturated rings. The fourth-order valence-electron chi connectivity index (χ4n) is 2.87. The quantitative estimate of drug-likeness (QED) is 0.319. The molecule has 1 aromatic heterocycles. The van der Waals surface area contributed by atoms with Crippen LogP contribution in [-0.4, -0.2) is 21.9 Å². The second-order valence-corrected chi connectivity index (χ2v) is 9.08. The van der Waals surface area contributed by atoms with E-state index in [1.165, 1.54) is 30.3 Å². The van der Waals surface area contributed by atoms with Gasteiger partial charge < -0.3 is 15.4 Å². The molecule has 34 heavy (non-hydrogen) atoms. The summed E-state index contributed by atoms with van der Waals surface area (Å²) >= 11 is 2.89. The summed E-state index contributed by atoms with van der Waals surface area (Å²) < 4.78 is 81.5. The number of ether oxygens (including phenoxy) is 1. The zero-order valence-electron chi connectivity index (χ0n) is 18.1. The van der Waals surface area contributed by atoms with Crippen LogP contribution in [0.25, 0.3) is 11.3 Å². The average molecular weight is 549 g/mol. The van der Waals surface area contributed by atoms with E-state index in [0.29, 0.717) is 0 Å². The number of nitrogens with zero attached hydrogens (tertiary/aromatic N) is 2. The second-order valence-electron chi connectivity index (χ2n) is 8.23. The van der Waals surface area contributed by atoms with Gasteiger partial charge >= 0.3 is 12.5 Å². The Kier molecular flexibility index (Phi) is 7.02. The number of rotatable bonds is 5. The Labute approximate surface area is 199 Å². The first-order valence-corrected chi connectivity index (χ1v) is 10.6. The Hall–Kier alpha value is -3.02. The molecular formula is C22H19BrF6N4O. The third-order valence-corrected chi connectivity index (χ3v) is 4.81. The van der Waals surface area contributed by atoms with Crippen LogP contribution in [0.3, 0.4) is 0 Å². The van der Waals surface area contributed by atoms with Gasteiger partial charge in [0.1, 0.15) is 11.6 Å². The van der Waals surface area contributed by atoms with Crippen molar-refractivity contribution in [1.29, 1.82) is 0 Å². The van der Waals surface area contributed by atoms with Gasteiger partial charge in [0.15, 0.2) is 0 Å². The molecule has 5 nitrogen and oxygen atoms in total. The van der Waals surface area contributed by atoms with Gasteiger partial charge in [0, 0.05) is 27.3 Å². The molecule has 12 heteroatoms. The second kappa shape index (κ2) is 9.32. The van der Waals surface area contributed by atoms with E-state index in [4.69, 9.17) is 0 Å². The maximum Gasteiger partial charge on any atom is 0.573 e. The van der Waals surface area contributed by atoms with Crippen LogP contribution in [0.1, 0.15) is 26.3 Å². The predicted molar refractivity (Wildman–Crippen MR) is 120 cm³/mol. The number of alkyl halides is 6. The SMILES string of the molecule is CC(C)(C)Nc1nc(Nc2ccc(Br)c(C(F)(F)F)c2)cc(-c2cccc(OC(F)(F)F)c2)n1. The number of aromatic nitrogens is 2. The molecule has 0 atom stereocenters. The maximum absolute atomic E-state index is 13.3. The lowest BCUT2D eigenvalue weighted by molar-refractivity contribution is -0.274. The van der Waals surface area contributed by atoms with Gasteiger partial charge in [0.2, 0.25) is 5.95 Å². The average Bonchev–Trinajstić information content (AvgIpc) is 2.66. The molecule has 0 spiro atoms. The molecule has 182 valence electrons. The van der Waals surface area contributed by atoms with Crippen molar-refractivity contribution >= 4 is 33.4 Å². The van der Waals surface area contributed by atoms with Gasteiger partial charge in [-0.2, -0.15) is 18.2 Å². The van der Waals surface area contributed by atoms with Crippen LogP contribution in [0, 0.1) is 0 Å². The highest BCUT2D eigenvalue weighted by atomic mass is 79.9. The van der Waals surface area contributed by atoms with Gasteiger partial charge in [-0.05, 0) is 51.1 Å². The Bertz CT molecular complexity index is 1180. The van der Waals surface area contributed by atoms with E-state index in [0.717, 1.165) is 18.2 Å². The van der Waals surface area contributed by atoms with E-state index in [1.807, 2.05) is 20.8 Å². The van der Waals surface area contributed by atoms with Gasteiger partial charge in [-0.1, -0.05) is 28.1 Å². The third-order valence-electron chi connectivity index (χ3n) is 4.12. The van der Waals surface area contributed by atoms with E-state index in [1.54, 1.807) is 0 Å². The Morgan fingerprint density at radius 3 is 2.21 bits per heavy atom. The van der Waals surface area contributed by atoms with Crippen LogP contribution in [0.4, 0.5) is 43.8 Å². The van der Waals surface area contributed by atoms with Crippen LogP contribution in [0.5, 0.6) is 5.75 Å². The van der Waals surface area contributed by atoms with Crippen molar-refractivity contribution in [2.45, 2.75) is 38.8 Å². The summed E-state index contributed by atoms with van der Waals surface area (Å²) in [4.78, 5) is 8.65. The molecule has 0 unspecified atom stereocenters. The molecule has 0 aliphatic rings. The zero-order valence-corrected chi connectivity index (χ0v) is 19.7. The molecule has 0 saturated carbocycles. The highest BCUT2D eigenvalue weighted by Gasteiger charge is 2.33. The minimum Gasteiger partial charge on any atom is -0.406 e. The summed E-state index contributed by atoms with van der Waals surface area (Å²) in [5, 5.41) is 5.86. The normalized spacial score (nSPS) is 12.4. The van der Waals surface area contributed by atoms with E-state index < -0.39 is 29.4 Å². The van der Waals surface area contributed by atoms with Crippen molar-refractivity contribution in [1.82, 2.24) is 9.97 Å². The standard InChI is InChI=1S/C22H19BrF6N4O/c1-20(2,3)33-19-31-17(12-5-4-6-14(9-12)34-22(27,28)29)11-18(32-19)30-13-7-8-16(23)15(10-13)21(24,25)26/h4-11H,1-3H3,(H2,30,31,32,33). The topological polar surface area (TPSA) is 59.1 Å². The molecule has 3 aromatic rings. The van der Waals surface area contributed by atoms with E-state index in [2.05, 4.69) is 41.3 Å². The molecule has 0 aliphatic heterocycles. The molecule has 0 radical (unpaired) electrons. The van der Waals surface area contributed by atoms with E-state index in [9.17, 15) is 26.3 Å². The minimum absolute atomic E-state index is 0.107. The summed E-state index contributed by atoms with van der Waals surface area (Å²) in [6.07, 6.45) is -9.45. The first kappa shape index (κ1) is 25.6. The summed E-state index contributed by atoms with van der Waals surface area (Å²) in [5.74, 6) is -0.177. The first-order valence-electron chi connectivity index (χ1n) is 9.76. The highest BCUT2D eigenvalue weighted by Crippen LogP contribution is 2.37. The Morgan fingerprint density at radius 2 is 1.59 bits per heavy atom. The molecule has 2 aromatic carbocycles. The number of nitrogens with one attached hydrogen (secondary N) is 2. The zero-order chi connectivity index (χ0) is 25.3. The number of hydrogen-bond acceptors (Lipinski definition) is 5. The van der Waals surface area contributed by atoms with Crippen molar-refractivity contribution in [3.8, 4) is 17.0 Å². The lowest BCUT2D eigenvalue weighted by Crippen LogP contribution is -2.27. The van der Waals surface area contributed by atoms with Gasteiger partial charge in [-0.15, -0.1) is 13.2 Å². The Morgan fingerprint density at radius 1 is 0.882 bits per heavy atom. The summed E-state index contributed by atoms with van der Waals surface area (Å²) in [6.45, 7) is 5.54. The summed E-state index contributed by atoms with van der Waals surface area (Å²) in [6, 6.07) is 10.2. The third kappa shape index (κ3) is 7.24. The minimum atomic E-state index is -4.87. The lowest BCUT2D eigenvalue weighted by Gasteiger charge is -2.21.